The average molecular weight is 611 g/mol. The SMILES string of the molecule is Nc1ccc([S+]([O-])c2ccc(NC(=O)c3ccc(C(=O)Nc4ccc([S+]([O-])c5ccc(N)cc5)cc4)c(O)c3)cc2)cc1. The molecule has 7 N–H and O–H groups in total. The van der Waals surface area contributed by atoms with Crippen molar-refractivity contribution in [1.82, 2.24) is 0 Å². The number of nitrogens with one attached hydrogen (secondary N) is 2. The van der Waals surface area contributed by atoms with Crippen LogP contribution < -0.4 is 22.1 Å². The highest BCUT2D eigenvalue weighted by atomic mass is 32.2. The molecule has 5 rings (SSSR count). The number of amides is 2. The van der Waals surface area contributed by atoms with Gasteiger partial charge in [-0.25, -0.2) is 0 Å². The Kier molecular flexibility index (Phi) is 8.88. The maximum absolute atomic E-state index is 12.8. The van der Waals surface area contributed by atoms with Crippen molar-refractivity contribution in [3.8, 4) is 5.75 Å². The van der Waals surface area contributed by atoms with Gasteiger partial charge in [-0.15, -0.1) is 0 Å². The molecular weight excluding hydrogens is 585 g/mol. The molecule has 9 nitrogen and oxygen atoms in total. The zero-order valence-electron chi connectivity index (χ0n) is 22.5. The lowest BCUT2D eigenvalue weighted by molar-refractivity contribution is 0.101. The highest BCUT2D eigenvalue weighted by Crippen LogP contribution is 2.26. The van der Waals surface area contributed by atoms with E-state index in [1.165, 1.54) is 18.2 Å². The molecular formula is C32H26N4O5S2. The zero-order valence-corrected chi connectivity index (χ0v) is 24.2. The molecule has 43 heavy (non-hydrogen) atoms. The number of hydrogen-bond donors (Lipinski definition) is 5. The fourth-order valence-corrected chi connectivity index (χ4v) is 6.12. The minimum atomic E-state index is -1.41. The average Bonchev–Trinajstić information content (AvgIpc) is 3.01. The molecule has 0 bridgehead atoms. The first-order valence-corrected chi connectivity index (χ1v) is 15.2. The van der Waals surface area contributed by atoms with Crippen molar-refractivity contribution in [1.29, 1.82) is 0 Å². The number of aromatic hydroxyl groups is 1. The van der Waals surface area contributed by atoms with Gasteiger partial charge in [0.05, 0.1) is 5.56 Å². The second kappa shape index (κ2) is 12.9. The van der Waals surface area contributed by atoms with Crippen molar-refractivity contribution in [2.45, 2.75) is 19.6 Å². The fraction of sp³-hybridized carbons (Fsp3) is 0. The predicted octanol–water partition coefficient (Wildman–Crippen LogP) is 5.39. The Balaban J connectivity index is 1.19. The highest BCUT2D eigenvalue weighted by molar-refractivity contribution is 7.91. The number of nitrogens with two attached hydrogens (primary N) is 2. The Morgan fingerprint density at radius 3 is 1.33 bits per heavy atom. The van der Waals surface area contributed by atoms with Crippen LogP contribution in [0.25, 0.3) is 0 Å². The summed E-state index contributed by atoms with van der Waals surface area (Å²) in [5, 5.41) is 15.9. The number of carbonyl (C=O) groups is 2. The van der Waals surface area contributed by atoms with Gasteiger partial charge in [0.15, 0.2) is 19.6 Å². The second-order valence-corrected chi connectivity index (χ2v) is 12.3. The summed E-state index contributed by atoms with van der Waals surface area (Å²) in [5.74, 6) is -1.46. The smallest absolute Gasteiger partial charge is 0.259 e. The van der Waals surface area contributed by atoms with Crippen LogP contribution in [0, 0.1) is 0 Å². The van der Waals surface area contributed by atoms with Gasteiger partial charge in [0.25, 0.3) is 11.8 Å². The van der Waals surface area contributed by atoms with Crippen LogP contribution in [-0.2, 0) is 22.4 Å². The zero-order chi connectivity index (χ0) is 30.5. The van der Waals surface area contributed by atoms with Crippen LogP contribution in [0.15, 0.2) is 135 Å². The molecule has 5 aromatic rings. The number of nitrogen functional groups attached to an aromatic ring is 2. The maximum Gasteiger partial charge on any atom is 0.259 e. The molecule has 0 fully saturated rings. The van der Waals surface area contributed by atoms with Gasteiger partial charge in [-0.2, -0.15) is 0 Å². The summed E-state index contributed by atoms with van der Waals surface area (Å²) in [5.41, 5.74) is 13.5. The van der Waals surface area contributed by atoms with E-state index in [0.717, 1.165) is 0 Å². The molecule has 2 atom stereocenters. The van der Waals surface area contributed by atoms with Crippen LogP contribution in [0.4, 0.5) is 22.7 Å². The lowest BCUT2D eigenvalue weighted by Crippen LogP contribution is -2.15. The van der Waals surface area contributed by atoms with Crippen molar-refractivity contribution in [3.05, 3.63) is 126 Å². The highest BCUT2D eigenvalue weighted by Gasteiger charge is 2.18. The molecule has 0 saturated heterocycles. The Labute approximate surface area is 253 Å². The maximum atomic E-state index is 12.8. The van der Waals surface area contributed by atoms with Gasteiger partial charge >= 0.3 is 0 Å². The van der Waals surface area contributed by atoms with Crippen LogP contribution >= 0.6 is 0 Å². The lowest BCUT2D eigenvalue weighted by atomic mass is 10.1. The Hall–Kier alpha value is -4.94. The number of hydrogen-bond acceptors (Lipinski definition) is 7. The third-order valence-corrected chi connectivity index (χ3v) is 9.15. The van der Waals surface area contributed by atoms with E-state index in [4.69, 9.17) is 11.5 Å². The van der Waals surface area contributed by atoms with E-state index in [9.17, 15) is 23.8 Å². The minimum absolute atomic E-state index is 0.0272. The third-order valence-electron chi connectivity index (χ3n) is 6.35. The van der Waals surface area contributed by atoms with E-state index in [0.29, 0.717) is 42.3 Å². The molecule has 0 aliphatic rings. The van der Waals surface area contributed by atoms with Gasteiger partial charge in [-0.3, -0.25) is 9.59 Å². The first-order valence-electron chi connectivity index (χ1n) is 12.9. The molecule has 0 spiro atoms. The van der Waals surface area contributed by atoms with Crippen LogP contribution in [0.1, 0.15) is 20.7 Å². The molecule has 0 aliphatic carbocycles. The van der Waals surface area contributed by atoms with Gasteiger partial charge in [-0.1, -0.05) is 0 Å². The van der Waals surface area contributed by atoms with Crippen molar-refractivity contribution in [3.63, 3.8) is 0 Å². The standard InChI is InChI=1S/C32H26N4O5S2/c33-21-2-10-25(11-3-21)42(40)27-14-6-23(7-15-27)35-31(38)20-1-18-29(30(37)19-20)32(39)36-24-8-16-28(17-9-24)43(41)26-12-4-22(34)5-13-26/h1-19,37H,33-34H2,(H,35,38)(H,36,39). The topological polar surface area (TPSA) is 177 Å². The summed E-state index contributed by atoms with van der Waals surface area (Å²) >= 11 is -2.82. The molecule has 2 unspecified atom stereocenters. The van der Waals surface area contributed by atoms with E-state index in [-0.39, 0.29) is 16.9 Å². The molecule has 0 aromatic heterocycles. The van der Waals surface area contributed by atoms with Crippen molar-refractivity contribution in [2.75, 3.05) is 22.1 Å². The normalized spacial score (nSPS) is 12.2. The number of phenolic OH excluding ortho intramolecular Hbond substituents is 1. The Bertz CT molecular complexity index is 1750. The lowest BCUT2D eigenvalue weighted by Gasteiger charge is -2.12. The van der Waals surface area contributed by atoms with Gasteiger partial charge in [0.1, 0.15) is 5.75 Å². The molecule has 0 radical (unpaired) electrons. The monoisotopic (exact) mass is 610 g/mol. The van der Waals surface area contributed by atoms with E-state index < -0.39 is 34.2 Å². The summed E-state index contributed by atoms with van der Waals surface area (Å²) < 4.78 is 25.5. The fourth-order valence-electron chi connectivity index (χ4n) is 4.05. The summed E-state index contributed by atoms with van der Waals surface area (Å²) in [6.45, 7) is 0. The largest absolute Gasteiger partial charge is 0.606 e. The number of phenols is 1. The van der Waals surface area contributed by atoms with Crippen LogP contribution in [0.2, 0.25) is 0 Å². The number of carbonyl (C=O) groups excluding carboxylic acids is 2. The van der Waals surface area contributed by atoms with Gasteiger partial charge in [0.2, 0.25) is 0 Å². The third kappa shape index (κ3) is 7.11. The summed E-state index contributed by atoms with van der Waals surface area (Å²) in [6, 6.07) is 30.5. The molecule has 0 aliphatic heterocycles. The van der Waals surface area contributed by atoms with Crippen molar-refractivity contribution < 1.29 is 23.8 Å². The van der Waals surface area contributed by atoms with Gasteiger partial charge in [0, 0.05) is 50.7 Å². The first kappa shape index (κ1) is 29.5. The first-order chi connectivity index (χ1) is 20.7. The Morgan fingerprint density at radius 1 is 0.558 bits per heavy atom. The summed E-state index contributed by atoms with van der Waals surface area (Å²) in [6.07, 6.45) is 0. The van der Waals surface area contributed by atoms with E-state index in [1.54, 1.807) is 97.1 Å². The second-order valence-electron chi connectivity index (χ2n) is 9.36. The predicted molar refractivity (Wildman–Crippen MR) is 168 cm³/mol. The van der Waals surface area contributed by atoms with E-state index in [1.807, 2.05) is 0 Å². The molecule has 216 valence electrons. The quantitative estimate of drug-likeness (QED) is 0.115. The van der Waals surface area contributed by atoms with Crippen LogP contribution in [0.3, 0.4) is 0 Å². The van der Waals surface area contributed by atoms with Gasteiger partial charge in [-0.05, 0) is 115 Å². The number of rotatable bonds is 8. The van der Waals surface area contributed by atoms with E-state index in [2.05, 4.69) is 10.6 Å². The summed E-state index contributed by atoms with van der Waals surface area (Å²) in [7, 11) is 0. The Morgan fingerprint density at radius 2 is 0.930 bits per heavy atom. The molecule has 11 heteroatoms. The number of benzene rings is 5. The summed E-state index contributed by atoms with van der Waals surface area (Å²) in [4.78, 5) is 27.9. The molecule has 0 heterocycles. The van der Waals surface area contributed by atoms with Gasteiger partial charge < -0.3 is 36.3 Å². The van der Waals surface area contributed by atoms with E-state index >= 15 is 0 Å². The van der Waals surface area contributed by atoms with Crippen molar-refractivity contribution in [2.24, 2.45) is 0 Å². The molecule has 5 aromatic carbocycles. The van der Waals surface area contributed by atoms with Crippen LogP contribution in [0.5, 0.6) is 5.75 Å². The van der Waals surface area contributed by atoms with Crippen LogP contribution in [-0.4, -0.2) is 26.0 Å². The van der Waals surface area contributed by atoms with Crippen molar-refractivity contribution >= 4 is 56.9 Å². The number of anilines is 4. The minimum Gasteiger partial charge on any atom is -0.606 e. The molecule has 0 saturated carbocycles. The molecule has 2 amide bonds.